The molecule has 1 aromatic rings. The van der Waals surface area contributed by atoms with Crippen molar-refractivity contribution < 1.29 is 14.6 Å². The minimum atomic E-state index is -0.555. The predicted octanol–water partition coefficient (Wildman–Crippen LogP) is 0.661. The Kier molecular flexibility index (Phi) is 3.93. The van der Waals surface area contributed by atoms with Crippen molar-refractivity contribution in [2.45, 2.75) is 25.3 Å². The van der Waals surface area contributed by atoms with Crippen LogP contribution in [0.1, 0.15) is 28.9 Å². The average Bonchev–Trinajstić information content (AvgIpc) is 2.40. The van der Waals surface area contributed by atoms with Crippen molar-refractivity contribution in [2.75, 3.05) is 19.8 Å². The van der Waals surface area contributed by atoms with Gasteiger partial charge in [-0.2, -0.15) is 0 Å². The molecule has 18 heavy (non-hydrogen) atoms. The van der Waals surface area contributed by atoms with Gasteiger partial charge >= 0.3 is 0 Å². The van der Waals surface area contributed by atoms with Gasteiger partial charge in [0.1, 0.15) is 0 Å². The predicted molar refractivity (Wildman–Crippen MR) is 66.3 cm³/mol. The van der Waals surface area contributed by atoms with Gasteiger partial charge in [0.25, 0.3) is 5.91 Å². The Balaban J connectivity index is 2.07. The second kappa shape index (κ2) is 5.46. The lowest BCUT2D eigenvalue weighted by Crippen LogP contribution is -2.54. The van der Waals surface area contributed by atoms with Crippen LogP contribution in [0.3, 0.4) is 0 Å². The SMILES string of the molecule is Cc1ccc(C(=O)NC2(CO)CCOCC2)cn1. The van der Waals surface area contributed by atoms with Gasteiger partial charge in [-0.25, -0.2) is 0 Å². The van der Waals surface area contributed by atoms with Crippen molar-refractivity contribution >= 4 is 5.91 Å². The van der Waals surface area contributed by atoms with Crippen LogP contribution in [0.4, 0.5) is 0 Å². The minimum absolute atomic E-state index is 0.0681. The zero-order chi connectivity index (χ0) is 13.0. The Labute approximate surface area is 106 Å². The molecule has 98 valence electrons. The minimum Gasteiger partial charge on any atom is -0.394 e. The van der Waals surface area contributed by atoms with Crippen LogP contribution >= 0.6 is 0 Å². The highest BCUT2D eigenvalue weighted by Gasteiger charge is 2.33. The van der Waals surface area contributed by atoms with Crippen LogP contribution in [0.25, 0.3) is 0 Å². The number of aromatic nitrogens is 1. The number of pyridine rings is 1. The number of hydrogen-bond acceptors (Lipinski definition) is 4. The first-order chi connectivity index (χ1) is 8.65. The third-order valence-electron chi connectivity index (χ3n) is 3.30. The number of aryl methyl sites for hydroxylation is 1. The molecule has 1 aliphatic heterocycles. The fourth-order valence-electron chi connectivity index (χ4n) is 2.00. The van der Waals surface area contributed by atoms with Gasteiger partial charge in [0.15, 0.2) is 0 Å². The van der Waals surface area contributed by atoms with E-state index in [1.807, 2.05) is 6.92 Å². The Morgan fingerprint density at radius 3 is 2.78 bits per heavy atom. The highest BCUT2D eigenvalue weighted by molar-refractivity contribution is 5.94. The molecule has 2 rings (SSSR count). The molecule has 1 aromatic heterocycles. The summed E-state index contributed by atoms with van der Waals surface area (Å²) in [5.74, 6) is -0.196. The fourth-order valence-corrected chi connectivity index (χ4v) is 2.00. The third-order valence-corrected chi connectivity index (χ3v) is 3.30. The van der Waals surface area contributed by atoms with E-state index in [9.17, 15) is 9.90 Å². The van der Waals surface area contributed by atoms with Crippen molar-refractivity contribution in [1.29, 1.82) is 0 Å². The lowest BCUT2D eigenvalue weighted by Gasteiger charge is -2.36. The summed E-state index contributed by atoms with van der Waals surface area (Å²) >= 11 is 0. The van der Waals surface area contributed by atoms with Crippen molar-refractivity contribution in [3.05, 3.63) is 29.6 Å². The van der Waals surface area contributed by atoms with Gasteiger partial charge in [-0.3, -0.25) is 9.78 Å². The van der Waals surface area contributed by atoms with Crippen LogP contribution in [0.2, 0.25) is 0 Å². The molecule has 2 N–H and O–H groups in total. The van der Waals surface area contributed by atoms with Gasteiger partial charge < -0.3 is 15.2 Å². The summed E-state index contributed by atoms with van der Waals surface area (Å²) in [5, 5.41) is 12.4. The molecule has 1 saturated heterocycles. The highest BCUT2D eigenvalue weighted by Crippen LogP contribution is 2.20. The number of carbonyl (C=O) groups excluding carboxylic acids is 1. The normalized spacial score (nSPS) is 18.3. The van der Waals surface area contributed by atoms with E-state index < -0.39 is 5.54 Å². The summed E-state index contributed by atoms with van der Waals surface area (Å²) in [4.78, 5) is 16.2. The Bertz CT molecular complexity index is 411. The second-order valence-electron chi connectivity index (χ2n) is 4.69. The molecule has 0 unspecified atom stereocenters. The molecule has 5 heteroatoms. The van der Waals surface area contributed by atoms with E-state index in [4.69, 9.17) is 4.74 Å². The molecule has 0 spiro atoms. The number of nitrogens with one attached hydrogen (secondary N) is 1. The quantitative estimate of drug-likeness (QED) is 0.826. The summed E-state index contributed by atoms with van der Waals surface area (Å²) in [5.41, 5.74) is 0.828. The number of rotatable bonds is 3. The maximum absolute atomic E-state index is 12.1. The number of amides is 1. The van der Waals surface area contributed by atoms with E-state index in [1.165, 1.54) is 0 Å². The number of aliphatic hydroxyl groups is 1. The molecule has 5 nitrogen and oxygen atoms in total. The number of hydrogen-bond donors (Lipinski definition) is 2. The fraction of sp³-hybridized carbons (Fsp3) is 0.538. The molecule has 0 saturated carbocycles. The first-order valence-electron chi connectivity index (χ1n) is 6.09. The standard InChI is InChI=1S/C13H18N2O3/c1-10-2-3-11(8-14-10)12(17)15-13(9-16)4-6-18-7-5-13/h2-3,8,16H,4-7,9H2,1H3,(H,15,17). The Morgan fingerprint density at radius 1 is 1.50 bits per heavy atom. The van der Waals surface area contributed by atoms with E-state index in [2.05, 4.69) is 10.3 Å². The van der Waals surface area contributed by atoms with Crippen LogP contribution in [-0.4, -0.2) is 41.4 Å². The van der Waals surface area contributed by atoms with Crippen molar-refractivity contribution in [3.63, 3.8) is 0 Å². The lowest BCUT2D eigenvalue weighted by molar-refractivity contribution is 0.0125. The van der Waals surface area contributed by atoms with Crippen molar-refractivity contribution in [3.8, 4) is 0 Å². The molecule has 2 heterocycles. The molecule has 1 fully saturated rings. The number of aliphatic hydroxyl groups excluding tert-OH is 1. The number of ether oxygens (including phenoxy) is 1. The molecule has 0 aliphatic carbocycles. The summed E-state index contributed by atoms with van der Waals surface area (Å²) in [6.45, 7) is 2.93. The van der Waals surface area contributed by atoms with Gasteiger partial charge in [-0.1, -0.05) is 0 Å². The first-order valence-corrected chi connectivity index (χ1v) is 6.09. The van der Waals surface area contributed by atoms with E-state index in [-0.39, 0.29) is 12.5 Å². The molecule has 1 amide bonds. The maximum Gasteiger partial charge on any atom is 0.253 e. The van der Waals surface area contributed by atoms with Crippen LogP contribution in [0.5, 0.6) is 0 Å². The summed E-state index contributed by atoms with van der Waals surface area (Å²) in [7, 11) is 0. The number of nitrogens with zero attached hydrogens (tertiary/aromatic N) is 1. The summed E-state index contributed by atoms with van der Waals surface area (Å²) < 4.78 is 5.25. The maximum atomic E-state index is 12.1. The summed E-state index contributed by atoms with van der Waals surface area (Å²) in [6.07, 6.45) is 2.82. The van der Waals surface area contributed by atoms with Crippen LogP contribution < -0.4 is 5.32 Å². The Hall–Kier alpha value is -1.46. The van der Waals surface area contributed by atoms with Gasteiger partial charge in [0, 0.05) is 25.1 Å². The van der Waals surface area contributed by atoms with Gasteiger partial charge in [-0.05, 0) is 31.9 Å². The molecule has 0 atom stereocenters. The molecular formula is C13H18N2O3. The van der Waals surface area contributed by atoms with E-state index in [1.54, 1.807) is 18.3 Å². The van der Waals surface area contributed by atoms with Crippen LogP contribution in [0.15, 0.2) is 18.3 Å². The van der Waals surface area contributed by atoms with Crippen molar-refractivity contribution in [1.82, 2.24) is 10.3 Å². The first kappa shape index (κ1) is 13.0. The highest BCUT2D eigenvalue weighted by atomic mass is 16.5. The zero-order valence-corrected chi connectivity index (χ0v) is 10.5. The zero-order valence-electron chi connectivity index (χ0n) is 10.5. The smallest absolute Gasteiger partial charge is 0.253 e. The third kappa shape index (κ3) is 2.86. The van der Waals surface area contributed by atoms with Crippen molar-refractivity contribution in [2.24, 2.45) is 0 Å². The molecule has 0 aromatic carbocycles. The van der Waals surface area contributed by atoms with Crippen LogP contribution in [0, 0.1) is 6.92 Å². The number of carbonyl (C=O) groups is 1. The average molecular weight is 250 g/mol. The largest absolute Gasteiger partial charge is 0.394 e. The summed E-state index contributed by atoms with van der Waals surface area (Å²) in [6, 6.07) is 3.53. The van der Waals surface area contributed by atoms with Gasteiger partial charge in [0.05, 0.1) is 17.7 Å². The monoisotopic (exact) mass is 250 g/mol. The van der Waals surface area contributed by atoms with Gasteiger partial charge in [0.2, 0.25) is 0 Å². The van der Waals surface area contributed by atoms with Gasteiger partial charge in [-0.15, -0.1) is 0 Å². The van der Waals surface area contributed by atoms with E-state index in [0.717, 1.165) is 5.69 Å². The lowest BCUT2D eigenvalue weighted by atomic mass is 9.90. The topological polar surface area (TPSA) is 71.5 Å². The van der Waals surface area contributed by atoms with E-state index in [0.29, 0.717) is 31.6 Å². The van der Waals surface area contributed by atoms with E-state index >= 15 is 0 Å². The Morgan fingerprint density at radius 2 is 2.22 bits per heavy atom. The molecule has 1 aliphatic rings. The second-order valence-corrected chi connectivity index (χ2v) is 4.69. The molecule has 0 bridgehead atoms. The molecule has 0 radical (unpaired) electrons. The van der Waals surface area contributed by atoms with Crippen LogP contribution in [-0.2, 0) is 4.74 Å². The molecular weight excluding hydrogens is 232 g/mol.